The summed E-state index contributed by atoms with van der Waals surface area (Å²) in [5.74, 6) is 1.00. The molecule has 0 unspecified atom stereocenters. The largest absolute Gasteiger partial charge is 0.376 e. The highest BCUT2D eigenvalue weighted by molar-refractivity contribution is 5.56. The van der Waals surface area contributed by atoms with Crippen LogP contribution in [0.3, 0.4) is 0 Å². The molecular weight excluding hydrogens is 364 g/mol. The van der Waals surface area contributed by atoms with Gasteiger partial charge in [0.15, 0.2) is 5.82 Å². The lowest BCUT2D eigenvalue weighted by Crippen LogP contribution is -2.48. The van der Waals surface area contributed by atoms with E-state index < -0.39 is 0 Å². The summed E-state index contributed by atoms with van der Waals surface area (Å²) in [6, 6.07) is 6.89. The number of rotatable bonds is 7. The van der Waals surface area contributed by atoms with E-state index in [-0.39, 0.29) is 12.1 Å². The van der Waals surface area contributed by atoms with Gasteiger partial charge in [-0.3, -0.25) is 4.90 Å². The molecule has 0 radical (unpaired) electrons. The Morgan fingerprint density at radius 3 is 2.72 bits per heavy atom. The Morgan fingerprint density at radius 2 is 2.00 bits per heavy atom. The zero-order chi connectivity index (χ0) is 20.2. The molecule has 2 aliphatic heterocycles. The number of ether oxygens (including phenoxy) is 1. The summed E-state index contributed by atoms with van der Waals surface area (Å²) in [5.41, 5.74) is 4.13. The van der Waals surface area contributed by atoms with Crippen LogP contribution in [0.1, 0.15) is 55.6 Å². The van der Waals surface area contributed by atoms with Crippen molar-refractivity contribution in [3.05, 3.63) is 35.2 Å². The molecular formula is C22H34N6O. The van der Waals surface area contributed by atoms with Crippen LogP contribution in [0.4, 0.5) is 5.69 Å². The highest BCUT2D eigenvalue weighted by atomic mass is 16.5. The summed E-state index contributed by atoms with van der Waals surface area (Å²) in [6.45, 7) is 12.4. The lowest BCUT2D eigenvalue weighted by molar-refractivity contribution is 0.0891. The lowest BCUT2D eigenvalue weighted by Gasteiger charge is -2.40. The van der Waals surface area contributed by atoms with Gasteiger partial charge >= 0.3 is 0 Å². The first kappa shape index (κ1) is 20.3. The molecule has 29 heavy (non-hydrogen) atoms. The molecule has 0 saturated carbocycles. The number of benzene rings is 1. The van der Waals surface area contributed by atoms with E-state index in [0.717, 1.165) is 70.8 Å². The van der Waals surface area contributed by atoms with Crippen LogP contribution in [0.2, 0.25) is 0 Å². The van der Waals surface area contributed by atoms with Gasteiger partial charge in [-0.2, -0.15) is 0 Å². The molecule has 2 aromatic rings. The highest BCUT2D eigenvalue weighted by Crippen LogP contribution is 2.29. The molecule has 2 aliphatic rings. The summed E-state index contributed by atoms with van der Waals surface area (Å²) in [4.78, 5) is 5.10. The first-order valence-corrected chi connectivity index (χ1v) is 11.1. The Bertz CT molecular complexity index is 792. The Labute approximate surface area is 174 Å². The monoisotopic (exact) mass is 398 g/mol. The molecule has 0 aliphatic carbocycles. The van der Waals surface area contributed by atoms with Crippen LogP contribution >= 0.6 is 0 Å². The topological polar surface area (TPSA) is 59.3 Å². The number of hydrogen-bond donors (Lipinski definition) is 0. The van der Waals surface area contributed by atoms with E-state index in [9.17, 15) is 0 Å². The minimum atomic E-state index is 0.251. The quantitative estimate of drug-likeness (QED) is 0.714. The molecule has 158 valence electrons. The number of aryl methyl sites for hydroxylation is 1. The van der Waals surface area contributed by atoms with E-state index in [1.165, 1.54) is 16.8 Å². The van der Waals surface area contributed by atoms with Crippen molar-refractivity contribution in [2.45, 2.75) is 65.1 Å². The third-order valence-electron chi connectivity index (χ3n) is 6.49. The van der Waals surface area contributed by atoms with Crippen molar-refractivity contribution >= 4 is 5.69 Å². The van der Waals surface area contributed by atoms with Gasteiger partial charge in [0.05, 0.1) is 18.7 Å². The summed E-state index contributed by atoms with van der Waals surface area (Å²) in [5, 5.41) is 12.8. The van der Waals surface area contributed by atoms with Crippen LogP contribution < -0.4 is 4.90 Å². The Balaban J connectivity index is 1.45. The van der Waals surface area contributed by atoms with E-state index in [1.807, 2.05) is 4.68 Å². The molecule has 2 saturated heterocycles. The first-order chi connectivity index (χ1) is 14.2. The number of hydrogen-bond acceptors (Lipinski definition) is 6. The molecule has 3 heterocycles. The van der Waals surface area contributed by atoms with Gasteiger partial charge in [0.25, 0.3) is 0 Å². The number of nitrogens with zero attached hydrogens (tertiary/aromatic N) is 6. The van der Waals surface area contributed by atoms with Gasteiger partial charge in [0, 0.05) is 38.5 Å². The van der Waals surface area contributed by atoms with Crippen LogP contribution in [-0.2, 0) is 11.3 Å². The van der Waals surface area contributed by atoms with Crippen LogP contribution in [0.15, 0.2) is 18.2 Å². The maximum atomic E-state index is 5.81. The van der Waals surface area contributed by atoms with Gasteiger partial charge in [0.2, 0.25) is 0 Å². The number of piperazine rings is 1. The van der Waals surface area contributed by atoms with E-state index in [4.69, 9.17) is 4.74 Å². The zero-order valence-electron chi connectivity index (χ0n) is 18.0. The van der Waals surface area contributed by atoms with E-state index in [2.05, 4.69) is 64.3 Å². The third-order valence-corrected chi connectivity index (χ3v) is 6.49. The van der Waals surface area contributed by atoms with E-state index in [1.54, 1.807) is 0 Å². The lowest BCUT2D eigenvalue weighted by atomic mass is 10.1. The van der Waals surface area contributed by atoms with Gasteiger partial charge in [-0.25, -0.2) is 4.68 Å². The second-order valence-corrected chi connectivity index (χ2v) is 8.40. The Morgan fingerprint density at radius 1 is 1.17 bits per heavy atom. The van der Waals surface area contributed by atoms with Crippen molar-refractivity contribution in [1.82, 2.24) is 25.1 Å². The average Bonchev–Trinajstić information content (AvgIpc) is 3.41. The van der Waals surface area contributed by atoms with E-state index in [0.29, 0.717) is 0 Å². The standard InChI is InChI=1S/C22H34N6O/c1-4-7-21(22-23-24-25-28(22)16-19-9-6-15-29-19)27-13-11-26(12-14-27)20-10-5-8-17(2)18(20)3/h5,8,10,19,21H,4,6-7,9,11-16H2,1-3H3/t19-,21+/m1/s1. The maximum Gasteiger partial charge on any atom is 0.168 e. The number of anilines is 1. The summed E-state index contributed by atoms with van der Waals surface area (Å²) < 4.78 is 7.81. The van der Waals surface area contributed by atoms with Gasteiger partial charge in [-0.05, 0) is 60.7 Å². The number of tetrazole rings is 1. The van der Waals surface area contributed by atoms with Crippen molar-refractivity contribution in [3.8, 4) is 0 Å². The van der Waals surface area contributed by atoms with Crippen molar-refractivity contribution in [2.75, 3.05) is 37.7 Å². The van der Waals surface area contributed by atoms with Gasteiger partial charge in [0.1, 0.15) is 0 Å². The van der Waals surface area contributed by atoms with Crippen LogP contribution in [0.5, 0.6) is 0 Å². The van der Waals surface area contributed by atoms with Crippen LogP contribution in [0, 0.1) is 13.8 Å². The fourth-order valence-electron chi connectivity index (χ4n) is 4.66. The predicted molar refractivity (Wildman–Crippen MR) is 114 cm³/mol. The van der Waals surface area contributed by atoms with Gasteiger partial charge in [-0.15, -0.1) is 5.10 Å². The van der Waals surface area contributed by atoms with Crippen molar-refractivity contribution in [2.24, 2.45) is 0 Å². The van der Waals surface area contributed by atoms with Crippen LogP contribution in [0.25, 0.3) is 0 Å². The average molecular weight is 399 g/mol. The molecule has 0 bridgehead atoms. The summed E-state index contributed by atoms with van der Waals surface area (Å²) in [6.07, 6.45) is 4.69. The second-order valence-electron chi connectivity index (χ2n) is 8.40. The fourth-order valence-corrected chi connectivity index (χ4v) is 4.66. The molecule has 7 nitrogen and oxygen atoms in total. The van der Waals surface area contributed by atoms with Crippen molar-refractivity contribution < 1.29 is 4.74 Å². The van der Waals surface area contributed by atoms with Crippen molar-refractivity contribution in [3.63, 3.8) is 0 Å². The minimum Gasteiger partial charge on any atom is -0.376 e. The maximum absolute atomic E-state index is 5.81. The molecule has 7 heteroatoms. The smallest absolute Gasteiger partial charge is 0.168 e. The molecule has 1 aromatic carbocycles. The van der Waals surface area contributed by atoms with Gasteiger partial charge < -0.3 is 9.64 Å². The zero-order valence-corrected chi connectivity index (χ0v) is 18.0. The minimum absolute atomic E-state index is 0.251. The molecule has 1 aromatic heterocycles. The van der Waals surface area contributed by atoms with Gasteiger partial charge in [-0.1, -0.05) is 25.5 Å². The molecule has 4 rings (SSSR count). The molecule has 0 amide bonds. The highest BCUT2D eigenvalue weighted by Gasteiger charge is 2.30. The predicted octanol–water partition coefficient (Wildman–Crippen LogP) is 3.13. The van der Waals surface area contributed by atoms with Crippen molar-refractivity contribution in [1.29, 1.82) is 0 Å². The van der Waals surface area contributed by atoms with Crippen LogP contribution in [-0.4, -0.2) is 64.0 Å². The Kier molecular flexibility index (Phi) is 6.45. The molecule has 0 N–H and O–H groups in total. The normalized spacial score (nSPS) is 21.6. The van der Waals surface area contributed by atoms with E-state index >= 15 is 0 Å². The molecule has 2 atom stereocenters. The Hall–Kier alpha value is -1.99. The third kappa shape index (κ3) is 4.46. The molecule has 2 fully saturated rings. The summed E-state index contributed by atoms with van der Waals surface area (Å²) in [7, 11) is 0. The second kappa shape index (κ2) is 9.22. The first-order valence-electron chi connectivity index (χ1n) is 11.1. The summed E-state index contributed by atoms with van der Waals surface area (Å²) >= 11 is 0. The fraction of sp³-hybridized carbons (Fsp3) is 0.682. The number of aromatic nitrogens is 4. The molecule has 0 spiro atoms. The SMILES string of the molecule is CCC[C@@H](c1nnnn1C[C@H]1CCCO1)N1CCN(c2cccc(C)c2C)CC1.